The summed E-state index contributed by atoms with van der Waals surface area (Å²) in [5, 5.41) is 7.65. The average Bonchev–Trinajstić information content (AvgIpc) is 3.61. The summed E-state index contributed by atoms with van der Waals surface area (Å²) < 4.78 is 22.3. The number of hydrogen-bond acceptors (Lipinski definition) is 8. The zero-order valence-electron chi connectivity index (χ0n) is 30.7. The third kappa shape index (κ3) is 7.93. The maximum Gasteiger partial charge on any atom is 0.311 e. The van der Waals surface area contributed by atoms with Crippen molar-refractivity contribution in [2.75, 3.05) is 32.8 Å². The van der Waals surface area contributed by atoms with Gasteiger partial charge >= 0.3 is 5.97 Å². The molecule has 4 unspecified atom stereocenters. The molecule has 284 valence electrons. The van der Waals surface area contributed by atoms with Crippen LogP contribution in [0, 0.1) is 11.8 Å². The number of nitrogens with zero attached hydrogens (tertiary/aromatic N) is 3. The average molecular weight is 783 g/mol. The Morgan fingerprint density at radius 1 is 0.782 bits per heavy atom. The zero-order valence-corrected chi connectivity index (χ0v) is 32.3. The lowest BCUT2D eigenvalue weighted by Gasteiger charge is -2.40. The minimum atomic E-state index is -0.806. The van der Waals surface area contributed by atoms with Crippen LogP contribution in [0.1, 0.15) is 60.9 Å². The monoisotopic (exact) mass is 781 g/mol. The fourth-order valence-corrected chi connectivity index (χ4v) is 8.12. The second kappa shape index (κ2) is 16.6. The van der Waals surface area contributed by atoms with Crippen molar-refractivity contribution in [1.82, 2.24) is 5.01 Å². The number of halogens is 2. The molecular weight excluding hydrogens is 741 g/mol. The number of ether oxygens (including phenoxy) is 4. The second-order valence-corrected chi connectivity index (χ2v) is 14.6. The van der Waals surface area contributed by atoms with Gasteiger partial charge < -0.3 is 23.8 Å². The van der Waals surface area contributed by atoms with Crippen LogP contribution < -0.4 is 19.1 Å². The quantitative estimate of drug-likeness (QED) is 0.148. The molecule has 4 aromatic carbocycles. The Bertz CT molecular complexity index is 2120. The van der Waals surface area contributed by atoms with Crippen molar-refractivity contribution in [1.29, 1.82) is 0 Å². The highest BCUT2D eigenvalue weighted by molar-refractivity contribution is 6.30. The van der Waals surface area contributed by atoms with Gasteiger partial charge in [0.15, 0.2) is 18.1 Å². The number of rotatable bonds is 10. The molecule has 0 bridgehead atoms. The lowest BCUT2D eigenvalue weighted by Crippen LogP contribution is -2.46. The molecule has 1 saturated carbocycles. The fourth-order valence-electron chi connectivity index (χ4n) is 7.87. The van der Waals surface area contributed by atoms with E-state index >= 15 is 0 Å². The van der Waals surface area contributed by atoms with Crippen molar-refractivity contribution < 1.29 is 33.3 Å². The number of hydrogen-bond donors (Lipinski definition) is 0. The second-order valence-electron chi connectivity index (χ2n) is 13.7. The van der Waals surface area contributed by atoms with Gasteiger partial charge in [0.2, 0.25) is 5.91 Å². The summed E-state index contributed by atoms with van der Waals surface area (Å²) in [4.78, 5) is 43.7. The van der Waals surface area contributed by atoms with Gasteiger partial charge in [-0.2, -0.15) is 5.10 Å². The molecule has 10 nitrogen and oxygen atoms in total. The molecule has 2 heterocycles. The van der Waals surface area contributed by atoms with E-state index in [9.17, 15) is 14.4 Å². The third-order valence-corrected chi connectivity index (χ3v) is 11.0. The number of piperidine rings is 1. The summed E-state index contributed by atoms with van der Waals surface area (Å²) in [5.41, 5.74) is 5.00. The van der Waals surface area contributed by atoms with Gasteiger partial charge in [0, 0.05) is 28.1 Å². The zero-order chi connectivity index (χ0) is 38.6. The van der Waals surface area contributed by atoms with Crippen molar-refractivity contribution in [3.8, 4) is 17.2 Å². The van der Waals surface area contributed by atoms with E-state index in [1.807, 2.05) is 36.4 Å². The highest BCUT2D eigenvalue weighted by Gasteiger charge is 2.46. The number of anilines is 1. The van der Waals surface area contributed by atoms with Crippen LogP contribution in [0.3, 0.4) is 0 Å². The first-order valence-corrected chi connectivity index (χ1v) is 18.9. The molecule has 55 heavy (non-hydrogen) atoms. The number of amides is 2. The Balaban J connectivity index is 1.18. The SMILES string of the molecule is COc1ccc(N2C(=O)CCC(C(=O)OCC(=O)N3N=C4/C(=C\c5ccc(Cl)cc5)CCCC4C3c3ccc(Cl)cc3)C2c2ccc(OC)c(OC)c2)cc1. The number of methoxy groups -OCH3 is 3. The lowest BCUT2D eigenvalue weighted by atomic mass is 9.77. The topological polar surface area (TPSA) is 107 Å². The molecule has 3 aliphatic rings. The van der Waals surface area contributed by atoms with Gasteiger partial charge in [0.05, 0.1) is 45.0 Å². The van der Waals surface area contributed by atoms with Crippen molar-refractivity contribution >= 4 is 58.5 Å². The summed E-state index contributed by atoms with van der Waals surface area (Å²) in [6, 6.07) is 26.2. The molecule has 4 aromatic rings. The number of allylic oxidation sites excluding steroid dienone is 1. The van der Waals surface area contributed by atoms with Gasteiger partial charge in [-0.1, -0.05) is 53.5 Å². The number of carbonyl (C=O) groups is 3. The molecule has 4 atom stereocenters. The maximum atomic E-state index is 14.2. The van der Waals surface area contributed by atoms with E-state index in [0.29, 0.717) is 38.5 Å². The van der Waals surface area contributed by atoms with E-state index in [-0.39, 0.29) is 24.7 Å². The van der Waals surface area contributed by atoms with Gasteiger partial charge in [0.25, 0.3) is 5.91 Å². The standard InChI is InChI=1S/C43H41Cl2N3O7/c1-52-33-18-16-32(17-19-33)47-38(49)22-20-35(41(47)29-11-21-36(53-2)37(24-29)54-3)43(51)55-25-39(50)48-42(27-9-14-31(45)15-10-27)34-6-4-5-28(40(34)46-48)23-26-7-12-30(44)13-8-26/h7-19,21,23-24,34-35,41-42H,4-6,20,22,25H2,1-3H3/b28-23-. The molecule has 1 aliphatic carbocycles. The van der Waals surface area contributed by atoms with E-state index in [1.54, 1.807) is 66.6 Å². The van der Waals surface area contributed by atoms with Gasteiger partial charge in [-0.25, -0.2) is 5.01 Å². The van der Waals surface area contributed by atoms with Gasteiger partial charge in [0.1, 0.15) is 5.75 Å². The molecule has 0 aromatic heterocycles. The highest BCUT2D eigenvalue weighted by Crippen LogP contribution is 2.46. The van der Waals surface area contributed by atoms with E-state index in [4.69, 9.17) is 47.3 Å². The first kappa shape index (κ1) is 38.0. The molecule has 2 fully saturated rings. The summed E-state index contributed by atoms with van der Waals surface area (Å²) in [6.07, 6.45) is 4.99. The normalized spacial score (nSPS) is 21.5. The van der Waals surface area contributed by atoms with Gasteiger partial charge in [-0.15, -0.1) is 0 Å². The van der Waals surface area contributed by atoms with Crippen LogP contribution in [0.4, 0.5) is 5.69 Å². The van der Waals surface area contributed by atoms with Crippen LogP contribution in [0.25, 0.3) is 6.08 Å². The molecule has 0 N–H and O–H groups in total. The Morgan fingerprint density at radius 2 is 1.45 bits per heavy atom. The maximum absolute atomic E-state index is 14.2. The Kier molecular flexibility index (Phi) is 11.5. The first-order valence-electron chi connectivity index (χ1n) is 18.2. The number of hydrazone groups is 1. The minimum absolute atomic E-state index is 0.0648. The Morgan fingerprint density at radius 3 is 2.13 bits per heavy atom. The van der Waals surface area contributed by atoms with Crippen LogP contribution in [0.15, 0.2) is 102 Å². The van der Waals surface area contributed by atoms with Crippen molar-refractivity contribution in [3.05, 3.63) is 123 Å². The molecule has 1 saturated heterocycles. The van der Waals surface area contributed by atoms with Crippen molar-refractivity contribution in [2.24, 2.45) is 16.9 Å². The first-order chi connectivity index (χ1) is 26.7. The summed E-state index contributed by atoms with van der Waals surface area (Å²) in [7, 11) is 4.63. The van der Waals surface area contributed by atoms with Gasteiger partial charge in [-0.3, -0.25) is 14.4 Å². The third-order valence-electron chi connectivity index (χ3n) is 10.5. The van der Waals surface area contributed by atoms with Crippen molar-refractivity contribution in [3.63, 3.8) is 0 Å². The number of esters is 1. The molecule has 0 radical (unpaired) electrons. The summed E-state index contributed by atoms with van der Waals surface area (Å²) >= 11 is 12.4. The van der Waals surface area contributed by atoms with E-state index in [2.05, 4.69) is 6.08 Å². The number of carbonyl (C=O) groups excluding carboxylic acids is 3. The predicted molar refractivity (Wildman–Crippen MR) is 212 cm³/mol. The number of fused-ring (bicyclic) bond motifs is 1. The molecule has 2 aliphatic heterocycles. The summed E-state index contributed by atoms with van der Waals surface area (Å²) in [6.45, 7) is -0.533. The molecule has 2 amide bonds. The van der Waals surface area contributed by atoms with Crippen LogP contribution in [0.5, 0.6) is 17.2 Å². The van der Waals surface area contributed by atoms with Crippen molar-refractivity contribution in [2.45, 2.75) is 44.2 Å². The fraction of sp³-hybridized carbons (Fsp3) is 0.302. The smallest absolute Gasteiger partial charge is 0.311 e. The summed E-state index contributed by atoms with van der Waals surface area (Å²) in [5.74, 6) is -0.513. The number of benzene rings is 4. The predicted octanol–water partition coefficient (Wildman–Crippen LogP) is 8.87. The van der Waals surface area contributed by atoms with Crippen LogP contribution in [-0.2, 0) is 19.1 Å². The largest absolute Gasteiger partial charge is 0.497 e. The molecular formula is C43H41Cl2N3O7. The van der Waals surface area contributed by atoms with E-state index in [0.717, 1.165) is 41.7 Å². The lowest BCUT2D eigenvalue weighted by molar-refractivity contribution is -0.158. The van der Waals surface area contributed by atoms with Crippen LogP contribution in [-0.4, -0.2) is 56.4 Å². The minimum Gasteiger partial charge on any atom is -0.497 e. The molecule has 7 rings (SSSR count). The van der Waals surface area contributed by atoms with E-state index in [1.165, 1.54) is 19.2 Å². The van der Waals surface area contributed by atoms with Gasteiger partial charge in [-0.05, 0) is 115 Å². The Labute approximate surface area is 330 Å². The molecule has 0 spiro atoms. The van der Waals surface area contributed by atoms with Crippen LogP contribution >= 0.6 is 23.2 Å². The van der Waals surface area contributed by atoms with E-state index < -0.39 is 36.5 Å². The molecule has 12 heteroatoms. The van der Waals surface area contributed by atoms with Crippen LogP contribution in [0.2, 0.25) is 10.0 Å². The highest BCUT2D eigenvalue weighted by atomic mass is 35.5. The Hall–Kier alpha value is -5.32.